The van der Waals surface area contributed by atoms with Gasteiger partial charge >= 0.3 is 6.61 Å². The SMILES string of the molecule is CN(Cc1ccc(OC(F)F)cc1)C(=O)CCc1ccc(S(=O)(=O)N2CCCC2)cc1. The highest BCUT2D eigenvalue weighted by Gasteiger charge is 2.26. The fraction of sp³-hybridized carbons (Fsp3) is 0.409. The van der Waals surface area contributed by atoms with Gasteiger partial charge in [0, 0.05) is 33.1 Å². The van der Waals surface area contributed by atoms with E-state index < -0.39 is 16.6 Å². The van der Waals surface area contributed by atoms with E-state index in [-0.39, 0.29) is 23.0 Å². The second kappa shape index (κ2) is 10.2. The van der Waals surface area contributed by atoms with Gasteiger partial charge in [-0.1, -0.05) is 24.3 Å². The maximum Gasteiger partial charge on any atom is 0.387 e. The van der Waals surface area contributed by atoms with Crippen LogP contribution in [0.25, 0.3) is 0 Å². The van der Waals surface area contributed by atoms with Crippen LogP contribution in [0.2, 0.25) is 0 Å². The lowest BCUT2D eigenvalue weighted by Crippen LogP contribution is -2.27. The predicted octanol–water partition coefficient (Wildman–Crippen LogP) is 3.66. The summed E-state index contributed by atoms with van der Waals surface area (Å²) in [5, 5.41) is 0. The first-order valence-corrected chi connectivity index (χ1v) is 11.6. The van der Waals surface area contributed by atoms with E-state index >= 15 is 0 Å². The van der Waals surface area contributed by atoms with Gasteiger partial charge in [0.2, 0.25) is 15.9 Å². The van der Waals surface area contributed by atoms with E-state index in [4.69, 9.17) is 0 Å². The van der Waals surface area contributed by atoms with E-state index in [2.05, 4.69) is 4.74 Å². The lowest BCUT2D eigenvalue weighted by atomic mass is 10.1. The fourth-order valence-electron chi connectivity index (χ4n) is 3.49. The number of alkyl halides is 2. The van der Waals surface area contributed by atoms with Crippen molar-refractivity contribution in [3.63, 3.8) is 0 Å². The summed E-state index contributed by atoms with van der Waals surface area (Å²) in [5.74, 6) is 0.00425. The highest BCUT2D eigenvalue weighted by molar-refractivity contribution is 7.89. The number of aryl methyl sites for hydroxylation is 1. The Labute approximate surface area is 181 Å². The van der Waals surface area contributed by atoms with Crippen molar-refractivity contribution in [1.29, 1.82) is 0 Å². The fourth-order valence-corrected chi connectivity index (χ4v) is 5.00. The Morgan fingerprint density at radius 2 is 1.61 bits per heavy atom. The molecule has 9 heteroatoms. The van der Waals surface area contributed by atoms with Crippen LogP contribution < -0.4 is 4.74 Å². The number of rotatable bonds is 9. The normalized spacial score (nSPS) is 14.7. The first kappa shape index (κ1) is 23.1. The summed E-state index contributed by atoms with van der Waals surface area (Å²) >= 11 is 0. The summed E-state index contributed by atoms with van der Waals surface area (Å²) in [7, 11) is -1.76. The summed E-state index contributed by atoms with van der Waals surface area (Å²) in [6.45, 7) is -1.40. The number of hydrogen-bond acceptors (Lipinski definition) is 4. The molecule has 0 bridgehead atoms. The number of halogens is 2. The Hall–Kier alpha value is -2.52. The molecule has 0 aliphatic carbocycles. The van der Waals surface area contributed by atoms with Gasteiger partial charge in [-0.05, 0) is 54.7 Å². The lowest BCUT2D eigenvalue weighted by Gasteiger charge is -2.18. The van der Waals surface area contributed by atoms with Crippen LogP contribution >= 0.6 is 0 Å². The van der Waals surface area contributed by atoms with Crippen LogP contribution in [-0.4, -0.2) is 50.3 Å². The maximum absolute atomic E-state index is 12.6. The topological polar surface area (TPSA) is 66.9 Å². The van der Waals surface area contributed by atoms with Crippen molar-refractivity contribution < 1.29 is 26.7 Å². The summed E-state index contributed by atoms with van der Waals surface area (Å²) in [5.41, 5.74) is 1.68. The average molecular weight is 453 g/mol. The van der Waals surface area contributed by atoms with E-state index in [1.165, 1.54) is 16.4 Å². The van der Waals surface area contributed by atoms with Gasteiger partial charge in [0.25, 0.3) is 0 Å². The minimum atomic E-state index is -3.44. The summed E-state index contributed by atoms with van der Waals surface area (Å²) in [6, 6.07) is 12.9. The summed E-state index contributed by atoms with van der Waals surface area (Å²) in [4.78, 5) is 14.3. The molecule has 2 aromatic carbocycles. The number of hydrogen-bond donors (Lipinski definition) is 0. The third-order valence-corrected chi connectivity index (χ3v) is 7.16. The lowest BCUT2D eigenvalue weighted by molar-refractivity contribution is -0.130. The molecule has 0 saturated carbocycles. The van der Waals surface area contributed by atoms with Gasteiger partial charge in [0.15, 0.2) is 0 Å². The van der Waals surface area contributed by atoms with Crippen LogP contribution in [0.15, 0.2) is 53.4 Å². The van der Waals surface area contributed by atoms with Crippen LogP contribution in [-0.2, 0) is 27.8 Å². The molecule has 1 saturated heterocycles. The smallest absolute Gasteiger partial charge is 0.387 e. The van der Waals surface area contributed by atoms with Crippen molar-refractivity contribution >= 4 is 15.9 Å². The Morgan fingerprint density at radius 3 is 2.19 bits per heavy atom. The van der Waals surface area contributed by atoms with Crippen LogP contribution in [0.1, 0.15) is 30.4 Å². The van der Waals surface area contributed by atoms with Gasteiger partial charge in [0.05, 0.1) is 4.90 Å². The van der Waals surface area contributed by atoms with Gasteiger partial charge in [-0.15, -0.1) is 0 Å². The second-order valence-corrected chi connectivity index (χ2v) is 9.47. The number of amides is 1. The monoisotopic (exact) mass is 452 g/mol. The highest BCUT2D eigenvalue weighted by atomic mass is 32.2. The largest absolute Gasteiger partial charge is 0.435 e. The molecule has 3 rings (SSSR count). The maximum atomic E-state index is 12.6. The molecule has 0 N–H and O–H groups in total. The van der Waals surface area contributed by atoms with E-state index in [1.54, 1.807) is 48.3 Å². The zero-order valence-corrected chi connectivity index (χ0v) is 18.2. The summed E-state index contributed by atoms with van der Waals surface area (Å²) < 4.78 is 55.4. The molecule has 0 unspecified atom stereocenters. The van der Waals surface area contributed by atoms with E-state index in [0.29, 0.717) is 26.1 Å². The molecule has 2 aromatic rings. The molecule has 0 aromatic heterocycles. The molecule has 0 spiro atoms. The third kappa shape index (κ3) is 6.24. The number of nitrogens with zero attached hydrogens (tertiary/aromatic N) is 2. The first-order valence-electron chi connectivity index (χ1n) is 10.1. The number of benzene rings is 2. The Bertz CT molecular complexity index is 974. The van der Waals surface area contributed by atoms with Crippen molar-refractivity contribution in [2.45, 2.75) is 43.7 Å². The van der Waals surface area contributed by atoms with Crippen LogP contribution in [0.3, 0.4) is 0 Å². The molecule has 1 aliphatic heterocycles. The van der Waals surface area contributed by atoms with E-state index in [9.17, 15) is 22.0 Å². The number of ether oxygens (including phenoxy) is 1. The molecule has 0 atom stereocenters. The molecule has 168 valence electrons. The third-order valence-electron chi connectivity index (χ3n) is 5.25. The second-order valence-electron chi connectivity index (χ2n) is 7.53. The Morgan fingerprint density at radius 1 is 1.03 bits per heavy atom. The standard InChI is InChI=1S/C22H26F2N2O4S/c1-25(16-18-4-9-19(10-5-18)30-22(23)24)21(27)13-8-17-6-11-20(12-7-17)31(28,29)26-14-2-3-15-26/h4-7,9-12,22H,2-3,8,13-16H2,1H3. The van der Waals surface area contributed by atoms with Crippen molar-refractivity contribution in [3.8, 4) is 5.75 Å². The molecule has 1 fully saturated rings. The minimum absolute atomic E-state index is 0.0679. The van der Waals surface area contributed by atoms with Gasteiger partial charge in [0.1, 0.15) is 5.75 Å². The molecule has 0 radical (unpaired) electrons. The van der Waals surface area contributed by atoms with Crippen molar-refractivity contribution in [2.75, 3.05) is 20.1 Å². The highest BCUT2D eigenvalue weighted by Crippen LogP contribution is 2.21. The molecule has 1 aliphatic rings. The van der Waals surface area contributed by atoms with Crippen molar-refractivity contribution in [3.05, 3.63) is 59.7 Å². The summed E-state index contributed by atoms with van der Waals surface area (Å²) in [6.07, 6.45) is 2.55. The van der Waals surface area contributed by atoms with Crippen LogP contribution in [0.5, 0.6) is 5.75 Å². The van der Waals surface area contributed by atoms with Crippen LogP contribution in [0.4, 0.5) is 8.78 Å². The van der Waals surface area contributed by atoms with Gasteiger partial charge in [-0.2, -0.15) is 13.1 Å². The zero-order valence-electron chi connectivity index (χ0n) is 17.3. The molecular formula is C22H26F2N2O4S. The van der Waals surface area contributed by atoms with Gasteiger partial charge in [-0.25, -0.2) is 8.42 Å². The minimum Gasteiger partial charge on any atom is -0.435 e. The van der Waals surface area contributed by atoms with Gasteiger partial charge < -0.3 is 9.64 Å². The molecule has 1 amide bonds. The molecule has 1 heterocycles. The predicted molar refractivity (Wildman–Crippen MR) is 112 cm³/mol. The van der Waals surface area contributed by atoms with E-state index in [1.807, 2.05) is 0 Å². The molecular weight excluding hydrogens is 426 g/mol. The first-order chi connectivity index (χ1) is 14.8. The number of carbonyl (C=O) groups excluding carboxylic acids is 1. The Kier molecular flexibility index (Phi) is 7.61. The van der Waals surface area contributed by atoms with E-state index in [0.717, 1.165) is 24.0 Å². The van der Waals surface area contributed by atoms with Crippen LogP contribution in [0, 0.1) is 0 Å². The molecule has 6 nitrogen and oxygen atoms in total. The average Bonchev–Trinajstić information content (AvgIpc) is 3.29. The zero-order chi connectivity index (χ0) is 22.4. The van der Waals surface area contributed by atoms with Crippen molar-refractivity contribution in [2.24, 2.45) is 0 Å². The molecule has 31 heavy (non-hydrogen) atoms. The number of sulfonamides is 1. The number of carbonyl (C=O) groups is 1. The van der Waals surface area contributed by atoms with Crippen molar-refractivity contribution in [1.82, 2.24) is 9.21 Å². The Balaban J connectivity index is 1.50. The van der Waals surface area contributed by atoms with Gasteiger partial charge in [-0.3, -0.25) is 4.79 Å². The quantitative estimate of drug-likeness (QED) is 0.582.